The van der Waals surface area contributed by atoms with Crippen molar-refractivity contribution in [3.8, 4) is 0 Å². The van der Waals surface area contributed by atoms with E-state index in [4.69, 9.17) is 0 Å². The molecule has 0 saturated carbocycles. The first-order chi connectivity index (χ1) is 8.83. The molecule has 2 N–H and O–H groups in total. The van der Waals surface area contributed by atoms with E-state index in [0.717, 1.165) is 32.0 Å². The molecule has 1 aromatic heterocycles. The van der Waals surface area contributed by atoms with Crippen LogP contribution in [0.25, 0.3) is 10.9 Å². The summed E-state index contributed by atoms with van der Waals surface area (Å²) in [6.45, 7) is 2.84. The van der Waals surface area contributed by atoms with Crippen LogP contribution in [0.5, 0.6) is 0 Å². The summed E-state index contributed by atoms with van der Waals surface area (Å²) in [5.41, 5.74) is 2.48. The first-order valence-corrected chi connectivity index (χ1v) is 6.39. The number of nitrogens with one attached hydrogen (secondary N) is 2. The van der Waals surface area contributed by atoms with Crippen LogP contribution in [0, 0.1) is 0 Å². The maximum atomic E-state index is 4.41. The fourth-order valence-electron chi connectivity index (χ4n) is 2.30. The summed E-state index contributed by atoms with van der Waals surface area (Å²) in [7, 11) is 2.07. The van der Waals surface area contributed by atoms with Gasteiger partial charge in [-0.2, -0.15) is 0 Å². The van der Waals surface area contributed by atoms with Crippen molar-refractivity contribution in [1.82, 2.24) is 15.2 Å². The highest BCUT2D eigenvalue weighted by Gasteiger charge is 2.11. The molecule has 0 radical (unpaired) electrons. The minimum Gasteiger partial charge on any atom is -0.358 e. The van der Waals surface area contributed by atoms with Gasteiger partial charge in [-0.05, 0) is 17.5 Å². The maximum Gasteiger partial charge on any atom is 0.193 e. The van der Waals surface area contributed by atoms with Crippen LogP contribution in [0.4, 0.5) is 0 Å². The van der Waals surface area contributed by atoms with Crippen molar-refractivity contribution in [2.45, 2.75) is 6.42 Å². The number of nitrogens with zero attached hydrogens (tertiary/aromatic N) is 2. The molecule has 0 saturated heterocycles. The Morgan fingerprint density at radius 3 is 3.06 bits per heavy atom. The van der Waals surface area contributed by atoms with Crippen LogP contribution >= 0.6 is 0 Å². The second-order valence-corrected chi connectivity index (χ2v) is 4.69. The van der Waals surface area contributed by atoms with E-state index in [1.165, 1.54) is 16.6 Å². The summed E-state index contributed by atoms with van der Waals surface area (Å²) in [5.74, 6) is 1.02. The van der Waals surface area contributed by atoms with Crippen molar-refractivity contribution in [2.75, 3.05) is 26.7 Å². The van der Waals surface area contributed by atoms with Crippen molar-refractivity contribution in [2.24, 2.45) is 4.99 Å². The standard InChI is InChI=1S/C14H18N4/c1-18-9-8-16-14(18)15-7-6-12-10-11-4-2-3-5-13(11)17-12/h2-5,10,17H,6-9H2,1H3,(H,15,16). The highest BCUT2D eigenvalue weighted by molar-refractivity contribution is 5.81. The summed E-state index contributed by atoms with van der Waals surface area (Å²) < 4.78 is 0. The predicted octanol–water partition coefficient (Wildman–Crippen LogP) is 1.60. The molecule has 1 aliphatic rings. The Labute approximate surface area is 107 Å². The second kappa shape index (κ2) is 4.72. The van der Waals surface area contributed by atoms with Crippen LogP contribution in [0.3, 0.4) is 0 Å². The lowest BCUT2D eigenvalue weighted by Crippen LogP contribution is -2.36. The number of aromatic nitrogens is 1. The van der Waals surface area contributed by atoms with Gasteiger partial charge in [0.05, 0.1) is 6.54 Å². The van der Waals surface area contributed by atoms with Gasteiger partial charge in [0.1, 0.15) is 0 Å². The fourth-order valence-corrected chi connectivity index (χ4v) is 2.30. The van der Waals surface area contributed by atoms with E-state index in [-0.39, 0.29) is 0 Å². The van der Waals surface area contributed by atoms with E-state index >= 15 is 0 Å². The smallest absolute Gasteiger partial charge is 0.193 e. The monoisotopic (exact) mass is 242 g/mol. The second-order valence-electron chi connectivity index (χ2n) is 4.69. The lowest BCUT2D eigenvalue weighted by Gasteiger charge is -2.14. The number of hydrogen-bond donors (Lipinski definition) is 2. The van der Waals surface area contributed by atoms with Crippen LogP contribution < -0.4 is 5.32 Å². The number of para-hydroxylation sites is 1. The first kappa shape index (κ1) is 11.1. The minimum atomic E-state index is 0.908. The van der Waals surface area contributed by atoms with Crippen LogP contribution in [0.2, 0.25) is 0 Å². The number of guanidine groups is 1. The zero-order valence-electron chi connectivity index (χ0n) is 10.6. The van der Waals surface area contributed by atoms with Crippen molar-refractivity contribution in [3.63, 3.8) is 0 Å². The van der Waals surface area contributed by atoms with Gasteiger partial charge in [-0.15, -0.1) is 0 Å². The van der Waals surface area contributed by atoms with Gasteiger partial charge in [-0.3, -0.25) is 4.99 Å². The van der Waals surface area contributed by atoms with Crippen molar-refractivity contribution in [3.05, 3.63) is 36.0 Å². The van der Waals surface area contributed by atoms with E-state index < -0.39 is 0 Å². The van der Waals surface area contributed by atoms with Gasteiger partial charge in [-0.25, -0.2) is 0 Å². The minimum absolute atomic E-state index is 0.908. The molecular weight excluding hydrogens is 224 g/mol. The van der Waals surface area contributed by atoms with Gasteiger partial charge >= 0.3 is 0 Å². The number of benzene rings is 1. The Balaban J connectivity index is 1.60. The number of aliphatic imine (C=N–C) groups is 1. The molecule has 2 aromatic rings. The van der Waals surface area contributed by atoms with Crippen molar-refractivity contribution >= 4 is 16.9 Å². The number of hydrogen-bond acceptors (Lipinski definition) is 3. The topological polar surface area (TPSA) is 43.4 Å². The third-order valence-electron chi connectivity index (χ3n) is 3.32. The maximum absolute atomic E-state index is 4.41. The number of fused-ring (bicyclic) bond motifs is 1. The van der Waals surface area contributed by atoms with E-state index in [1.54, 1.807) is 0 Å². The molecule has 0 bridgehead atoms. The molecule has 0 atom stereocenters. The molecule has 3 rings (SSSR count). The molecule has 0 spiro atoms. The first-order valence-electron chi connectivity index (χ1n) is 6.39. The third-order valence-corrected chi connectivity index (χ3v) is 3.32. The molecule has 0 amide bonds. The van der Waals surface area contributed by atoms with E-state index in [2.05, 4.69) is 57.6 Å². The number of rotatable bonds is 3. The summed E-state index contributed by atoms with van der Waals surface area (Å²) in [4.78, 5) is 10.0. The molecule has 0 fully saturated rings. The average molecular weight is 242 g/mol. The Morgan fingerprint density at radius 1 is 1.39 bits per heavy atom. The van der Waals surface area contributed by atoms with Gasteiger partial charge in [0.2, 0.25) is 0 Å². The van der Waals surface area contributed by atoms with Crippen LogP contribution in [0.1, 0.15) is 5.69 Å². The van der Waals surface area contributed by atoms with Gasteiger partial charge in [-0.1, -0.05) is 18.2 Å². The van der Waals surface area contributed by atoms with E-state index in [0.29, 0.717) is 0 Å². The molecule has 4 nitrogen and oxygen atoms in total. The molecule has 0 aliphatic carbocycles. The molecule has 0 unspecified atom stereocenters. The summed E-state index contributed by atoms with van der Waals surface area (Å²) in [6, 6.07) is 10.6. The zero-order chi connectivity index (χ0) is 12.4. The van der Waals surface area contributed by atoms with Crippen LogP contribution in [-0.2, 0) is 6.42 Å². The molecule has 18 heavy (non-hydrogen) atoms. The number of likely N-dealkylation sites (N-methyl/N-ethyl adjacent to an activating group) is 1. The highest BCUT2D eigenvalue weighted by Crippen LogP contribution is 2.14. The Morgan fingerprint density at radius 2 is 2.28 bits per heavy atom. The molecule has 1 aromatic carbocycles. The van der Waals surface area contributed by atoms with Gasteiger partial charge in [0.25, 0.3) is 0 Å². The summed E-state index contributed by atoms with van der Waals surface area (Å²) in [6.07, 6.45) is 0.988. The predicted molar refractivity (Wildman–Crippen MR) is 74.9 cm³/mol. The molecular formula is C14H18N4. The zero-order valence-corrected chi connectivity index (χ0v) is 10.6. The normalized spacial score (nSPS) is 15.2. The Kier molecular flexibility index (Phi) is 2.92. The lowest BCUT2D eigenvalue weighted by molar-refractivity contribution is 0.534. The Bertz CT molecular complexity index is 537. The third kappa shape index (κ3) is 2.18. The van der Waals surface area contributed by atoms with E-state index in [9.17, 15) is 0 Å². The molecule has 2 heterocycles. The van der Waals surface area contributed by atoms with Gasteiger partial charge < -0.3 is 15.2 Å². The highest BCUT2D eigenvalue weighted by atomic mass is 15.3. The Hall–Kier alpha value is -1.97. The molecule has 94 valence electrons. The van der Waals surface area contributed by atoms with Crippen LogP contribution in [0.15, 0.2) is 35.3 Å². The summed E-state index contributed by atoms with van der Waals surface area (Å²) >= 11 is 0. The SMILES string of the molecule is CN1CCN=C1NCCc1cc2ccccc2[nH]1. The lowest BCUT2D eigenvalue weighted by atomic mass is 10.2. The molecule has 4 heteroatoms. The average Bonchev–Trinajstić information content (AvgIpc) is 2.96. The van der Waals surface area contributed by atoms with Crippen molar-refractivity contribution < 1.29 is 0 Å². The summed E-state index contributed by atoms with van der Waals surface area (Å²) in [5, 5.41) is 4.66. The van der Waals surface area contributed by atoms with Gasteiger partial charge in [0, 0.05) is 37.8 Å². The largest absolute Gasteiger partial charge is 0.358 e. The van der Waals surface area contributed by atoms with Gasteiger partial charge in [0.15, 0.2) is 5.96 Å². The molecule has 1 aliphatic heterocycles. The van der Waals surface area contributed by atoms with Crippen LogP contribution in [-0.4, -0.2) is 42.5 Å². The number of H-pyrrole nitrogens is 1. The van der Waals surface area contributed by atoms with Crippen molar-refractivity contribution in [1.29, 1.82) is 0 Å². The number of aromatic amines is 1. The quantitative estimate of drug-likeness (QED) is 0.858. The van der Waals surface area contributed by atoms with E-state index in [1.807, 2.05) is 0 Å². The fraction of sp³-hybridized carbons (Fsp3) is 0.357.